The minimum Gasteiger partial charge on any atom is -0.421 e. The maximum atomic E-state index is 13.0. The van der Waals surface area contributed by atoms with Gasteiger partial charge in [0.05, 0.1) is 16.9 Å². The number of hydrogen-bond donors (Lipinski definition) is 2. The molecule has 1 heterocycles. The molecule has 0 saturated heterocycles. The fourth-order valence-electron chi connectivity index (χ4n) is 3.64. The third kappa shape index (κ3) is 4.38. The van der Waals surface area contributed by atoms with E-state index in [0.717, 1.165) is 21.6 Å². The Kier molecular flexibility index (Phi) is 6.13. The molecule has 0 spiro atoms. The Balaban J connectivity index is 1.50. The number of benzene rings is 3. The van der Waals surface area contributed by atoms with Gasteiger partial charge >= 0.3 is 5.97 Å². The Labute approximate surface area is 201 Å². The van der Waals surface area contributed by atoms with Crippen molar-refractivity contribution in [3.05, 3.63) is 93.6 Å². The summed E-state index contributed by atoms with van der Waals surface area (Å²) in [6, 6.07) is 16.8. The van der Waals surface area contributed by atoms with E-state index in [9.17, 15) is 14.4 Å². The number of hydrogen-bond acceptors (Lipinski definition) is 6. The van der Waals surface area contributed by atoms with Gasteiger partial charge < -0.3 is 15.8 Å². The van der Waals surface area contributed by atoms with Crippen molar-refractivity contribution < 1.29 is 19.1 Å². The minimum absolute atomic E-state index is 0.0330. The van der Waals surface area contributed by atoms with Gasteiger partial charge in [0, 0.05) is 5.69 Å². The fourth-order valence-corrected chi connectivity index (χ4v) is 3.85. The van der Waals surface area contributed by atoms with Crippen molar-refractivity contribution in [1.82, 2.24) is 0 Å². The highest BCUT2D eigenvalue weighted by atomic mass is 35.5. The molecule has 0 saturated carbocycles. The number of nitrogens with two attached hydrogens (primary N) is 1. The molecule has 1 aliphatic heterocycles. The average Bonchev–Trinajstić information content (AvgIpc) is 2.99. The van der Waals surface area contributed by atoms with E-state index in [2.05, 4.69) is 5.32 Å². The lowest BCUT2D eigenvalue weighted by Crippen LogP contribution is -2.32. The van der Waals surface area contributed by atoms with Crippen LogP contribution in [-0.2, 0) is 9.59 Å². The Morgan fingerprint density at radius 1 is 0.912 bits per heavy atom. The van der Waals surface area contributed by atoms with Crippen molar-refractivity contribution in [3.8, 4) is 5.75 Å². The maximum Gasteiger partial charge on any atom is 0.343 e. The first-order valence-electron chi connectivity index (χ1n) is 10.5. The lowest BCUT2D eigenvalue weighted by atomic mass is 10.1. The van der Waals surface area contributed by atoms with Crippen molar-refractivity contribution in [2.45, 2.75) is 20.8 Å². The zero-order valence-electron chi connectivity index (χ0n) is 18.8. The summed E-state index contributed by atoms with van der Waals surface area (Å²) in [5.41, 5.74) is 10.2. The third-order valence-corrected chi connectivity index (χ3v) is 5.73. The van der Waals surface area contributed by atoms with Crippen LogP contribution < -0.4 is 20.7 Å². The molecule has 7 nitrogen and oxygen atoms in total. The summed E-state index contributed by atoms with van der Waals surface area (Å²) in [5, 5.41) is 2.69. The number of nitrogens with zero attached hydrogens (tertiary/aromatic N) is 1. The van der Waals surface area contributed by atoms with Gasteiger partial charge in [0.25, 0.3) is 11.8 Å². The summed E-state index contributed by atoms with van der Waals surface area (Å²) in [4.78, 5) is 39.3. The van der Waals surface area contributed by atoms with Gasteiger partial charge in [-0.25, -0.2) is 9.69 Å². The molecule has 8 heteroatoms. The zero-order valence-corrected chi connectivity index (χ0v) is 19.6. The molecule has 34 heavy (non-hydrogen) atoms. The molecule has 172 valence electrons. The molecule has 0 atom stereocenters. The van der Waals surface area contributed by atoms with Crippen LogP contribution in [0.15, 0.2) is 71.4 Å². The van der Waals surface area contributed by atoms with Crippen molar-refractivity contribution in [2.75, 3.05) is 16.0 Å². The van der Waals surface area contributed by atoms with Crippen molar-refractivity contribution >= 4 is 46.4 Å². The molecular formula is C26H22ClN3O4. The predicted octanol–water partition coefficient (Wildman–Crippen LogP) is 4.85. The van der Waals surface area contributed by atoms with E-state index in [1.807, 2.05) is 32.9 Å². The second kappa shape index (κ2) is 9.03. The molecule has 3 aromatic rings. The average molecular weight is 476 g/mol. The SMILES string of the molecule is Cc1ccc(N2C(=O)C(Cl)=C(Nc3ccc(C(=O)Oc4ccc(C)cc4N)cc3)C2=O)c(C)c1. The van der Waals surface area contributed by atoms with Gasteiger partial charge in [-0.2, -0.15) is 0 Å². The van der Waals surface area contributed by atoms with Gasteiger partial charge in [-0.1, -0.05) is 35.4 Å². The molecule has 3 aromatic carbocycles. The Morgan fingerprint density at radius 2 is 1.56 bits per heavy atom. The summed E-state index contributed by atoms with van der Waals surface area (Å²) < 4.78 is 5.37. The summed E-state index contributed by atoms with van der Waals surface area (Å²) in [7, 11) is 0. The predicted molar refractivity (Wildman–Crippen MR) is 132 cm³/mol. The van der Waals surface area contributed by atoms with Crippen LogP contribution in [0.5, 0.6) is 5.75 Å². The van der Waals surface area contributed by atoms with Crippen LogP contribution in [0, 0.1) is 20.8 Å². The highest BCUT2D eigenvalue weighted by Crippen LogP contribution is 2.32. The van der Waals surface area contributed by atoms with Crippen LogP contribution in [-0.4, -0.2) is 17.8 Å². The summed E-state index contributed by atoms with van der Waals surface area (Å²) >= 11 is 6.22. The number of ether oxygens (including phenoxy) is 1. The highest BCUT2D eigenvalue weighted by molar-refractivity contribution is 6.53. The second-order valence-corrected chi connectivity index (χ2v) is 8.44. The molecule has 4 rings (SSSR count). The standard InChI is InChI=1S/C26H22ClN3O4/c1-14-4-10-20(16(3)12-14)30-24(31)22(27)23(25(30)32)29-18-8-6-17(7-9-18)26(33)34-21-11-5-15(2)13-19(21)28/h4-13,29H,28H2,1-3H3. The van der Waals surface area contributed by atoms with E-state index >= 15 is 0 Å². The molecule has 3 N–H and O–H groups in total. The number of esters is 1. The van der Waals surface area contributed by atoms with Gasteiger partial charge in [-0.05, 0) is 74.4 Å². The zero-order chi connectivity index (χ0) is 24.6. The van der Waals surface area contributed by atoms with Gasteiger partial charge in [0.15, 0.2) is 5.75 Å². The van der Waals surface area contributed by atoms with Crippen LogP contribution in [0.4, 0.5) is 17.1 Å². The normalized spacial score (nSPS) is 13.5. The molecule has 0 bridgehead atoms. The first-order chi connectivity index (χ1) is 16.2. The fraction of sp³-hybridized carbons (Fsp3) is 0.115. The number of aryl methyl sites for hydroxylation is 3. The number of nitrogen functional groups attached to an aromatic ring is 1. The molecular weight excluding hydrogens is 454 g/mol. The monoisotopic (exact) mass is 475 g/mol. The molecule has 0 fully saturated rings. The molecule has 0 aromatic heterocycles. The topological polar surface area (TPSA) is 102 Å². The number of carbonyl (C=O) groups is 3. The minimum atomic E-state index is -0.600. The number of anilines is 3. The van der Waals surface area contributed by atoms with Crippen LogP contribution >= 0.6 is 11.6 Å². The number of carbonyl (C=O) groups excluding carboxylic acids is 3. The number of nitrogens with one attached hydrogen (secondary N) is 1. The highest BCUT2D eigenvalue weighted by Gasteiger charge is 2.39. The van der Waals surface area contributed by atoms with E-state index in [0.29, 0.717) is 17.1 Å². The lowest BCUT2D eigenvalue weighted by molar-refractivity contribution is -0.120. The smallest absolute Gasteiger partial charge is 0.343 e. The van der Waals surface area contributed by atoms with Crippen LogP contribution in [0.2, 0.25) is 0 Å². The molecule has 0 radical (unpaired) electrons. The van der Waals surface area contributed by atoms with Gasteiger partial charge in [0.1, 0.15) is 10.7 Å². The first kappa shape index (κ1) is 23.1. The molecule has 2 amide bonds. The Morgan fingerprint density at radius 3 is 2.21 bits per heavy atom. The third-order valence-electron chi connectivity index (χ3n) is 5.38. The largest absolute Gasteiger partial charge is 0.421 e. The van der Waals surface area contributed by atoms with Gasteiger partial charge in [-0.15, -0.1) is 0 Å². The lowest BCUT2D eigenvalue weighted by Gasteiger charge is -2.18. The van der Waals surface area contributed by atoms with Crippen molar-refractivity contribution in [1.29, 1.82) is 0 Å². The number of rotatable bonds is 5. The van der Waals surface area contributed by atoms with E-state index in [1.165, 1.54) is 12.1 Å². The Hall–Kier alpha value is -4.10. The second-order valence-electron chi connectivity index (χ2n) is 8.06. The van der Waals surface area contributed by atoms with E-state index in [1.54, 1.807) is 36.4 Å². The molecule has 0 aliphatic carbocycles. The number of amides is 2. The summed E-state index contributed by atoms with van der Waals surface area (Å²) in [6.07, 6.45) is 0. The first-order valence-corrected chi connectivity index (χ1v) is 10.8. The van der Waals surface area contributed by atoms with Crippen LogP contribution in [0.25, 0.3) is 0 Å². The van der Waals surface area contributed by atoms with E-state index < -0.39 is 17.8 Å². The Bertz CT molecular complexity index is 1360. The van der Waals surface area contributed by atoms with Crippen LogP contribution in [0.1, 0.15) is 27.0 Å². The maximum absolute atomic E-state index is 13.0. The summed E-state index contributed by atoms with van der Waals surface area (Å²) in [5.74, 6) is -1.46. The molecule has 0 unspecified atom stereocenters. The quantitative estimate of drug-likeness (QED) is 0.237. The van der Waals surface area contributed by atoms with Gasteiger partial charge in [-0.3, -0.25) is 9.59 Å². The van der Waals surface area contributed by atoms with Crippen molar-refractivity contribution in [2.24, 2.45) is 0 Å². The molecule has 1 aliphatic rings. The summed E-state index contributed by atoms with van der Waals surface area (Å²) in [6.45, 7) is 5.64. The van der Waals surface area contributed by atoms with E-state index in [4.69, 9.17) is 22.1 Å². The number of imide groups is 1. The van der Waals surface area contributed by atoms with Gasteiger partial charge in [0.2, 0.25) is 0 Å². The van der Waals surface area contributed by atoms with E-state index in [-0.39, 0.29) is 22.0 Å². The number of halogens is 1. The van der Waals surface area contributed by atoms with Crippen molar-refractivity contribution in [3.63, 3.8) is 0 Å². The van der Waals surface area contributed by atoms with Crippen LogP contribution in [0.3, 0.4) is 0 Å².